The lowest BCUT2D eigenvalue weighted by molar-refractivity contribution is -0.117. The summed E-state index contributed by atoms with van der Waals surface area (Å²) in [6.07, 6.45) is 4.65. The zero-order valence-corrected chi connectivity index (χ0v) is 9.11. The highest BCUT2D eigenvalue weighted by atomic mass is 16.8. The van der Waals surface area contributed by atoms with E-state index in [-0.39, 0.29) is 12.7 Å². The SMILES string of the molecule is C=CCC(CCCC)OC1COC(=O)O1. The first-order valence-electron chi connectivity index (χ1n) is 5.36. The first-order chi connectivity index (χ1) is 7.26. The van der Waals surface area contributed by atoms with Gasteiger partial charge in [-0.15, -0.1) is 6.58 Å². The third-order valence-electron chi connectivity index (χ3n) is 2.22. The molecule has 1 heterocycles. The molecular weight excluding hydrogens is 196 g/mol. The summed E-state index contributed by atoms with van der Waals surface area (Å²) >= 11 is 0. The quantitative estimate of drug-likeness (QED) is 0.482. The molecule has 4 heteroatoms. The van der Waals surface area contributed by atoms with Gasteiger partial charge < -0.3 is 14.2 Å². The van der Waals surface area contributed by atoms with Crippen LogP contribution in [0.4, 0.5) is 4.79 Å². The highest BCUT2D eigenvalue weighted by molar-refractivity contribution is 5.61. The molecule has 4 nitrogen and oxygen atoms in total. The van der Waals surface area contributed by atoms with E-state index in [1.54, 1.807) is 0 Å². The molecule has 2 atom stereocenters. The van der Waals surface area contributed by atoms with Crippen molar-refractivity contribution in [1.29, 1.82) is 0 Å². The Hall–Kier alpha value is -1.03. The van der Waals surface area contributed by atoms with Gasteiger partial charge in [-0.3, -0.25) is 0 Å². The Morgan fingerprint density at radius 2 is 2.53 bits per heavy atom. The van der Waals surface area contributed by atoms with E-state index < -0.39 is 12.4 Å². The normalized spacial score (nSPS) is 21.9. The molecule has 1 rings (SSSR count). The van der Waals surface area contributed by atoms with Gasteiger partial charge in [0.2, 0.25) is 6.29 Å². The van der Waals surface area contributed by atoms with E-state index in [2.05, 4.69) is 18.2 Å². The molecule has 0 aliphatic carbocycles. The van der Waals surface area contributed by atoms with Gasteiger partial charge in [-0.1, -0.05) is 25.8 Å². The molecule has 1 fully saturated rings. The van der Waals surface area contributed by atoms with Crippen molar-refractivity contribution in [3.8, 4) is 0 Å². The zero-order chi connectivity index (χ0) is 11.1. The number of carbonyl (C=O) groups is 1. The molecule has 1 saturated heterocycles. The Bertz CT molecular complexity index is 215. The number of hydrogen-bond acceptors (Lipinski definition) is 4. The van der Waals surface area contributed by atoms with Crippen LogP contribution in [0.15, 0.2) is 12.7 Å². The van der Waals surface area contributed by atoms with E-state index in [1.807, 2.05) is 6.08 Å². The lowest BCUT2D eigenvalue weighted by Gasteiger charge is -2.18. The maximum atomic E-state index is 10.7. The van der Waals surface area contributed by atoms with E-state index in [0.29, 0.717) is 0 Å². The maximum Gasteiger partial charge on any atom is 0.510 e. The van der Waals surface area contributed by atoms with Crippen LogP contribution in [0.1, 0.15) is 32.6 Å². The molecular formula is C11H18O4. The van der Waals surface area contributed by atoms with E-state index >= 15 is 0 Å². The van der Waals surface area contributed by atoms with Crippen molar-refractivity contribution in [3.63, 3.8) is 0 Å². The van der Waals surface area contributed by atoms with Crippen molar-refractivity contribution in [3.05, 3.63) is 12.7 Å². The summed E-state index contributed by atoms with van der Waals surface area (Å²) < 4.78 is 15.0. The van der Waals surface area contributed by atoms with Crippen LogP contribution in [0.3, 0.4) is 0 Å². The number of carbonyl (C=O) groups excluding carboxylic acids is 1. The Balaban J connectivity index is 2.29. The Kier molecular flexibility index (Phi) is 5.18. The van der Waals surface area contributed by atoms with Gasteiger partial charge >= 0.3 is 6.16 Å². The van der Waals surface area contributed by atoms with Crippen LogP contribution in [0.5, 0.6) is 0 Å². The van der Waals surface area contributed by atoms with Crippen molar-refractivity contribution in [2.75, 3.05) is 6.61 Å². The molecule has 0 saturated carbocycles. The number of cyclic esters (lactones) is 2. The standard InChI is InChI=1S/C11H18O4/c1-3-5-7-9(6-4-2)14-10-8-13-11(12)15-10/h4,9-10H,2-3,5-8H2,1H3. The third kappa shape index (κ3) is 4.34. The number of ether oxygens (including phenoxy) is 3. The molecule has 0 aromatic rings. The molecule has 1 aliphatic heterocycles. The van der Waals surface area contributed by atoms with Crippen LogP contribution in [0.25, 0.3) is 0 Å². The predicted molar refractivity (Wildman–Crippen MR) is 55.4 cm³/mol. The monoisotopic (exact) mass is 214 g/mol. The van der Waals surface area contributed by atoms with E-state index in [4.69, 9.17) is 9.47 Å². The number of hydrogen-bond donors (Lipinski definition) is 0. The molecule has 0 aromatic heterocycles. The van der Waals surface area contributed by atoms with Crippen LogP contribution in [-0.2, 0) is 14.2 Å². The van der Waals surface area contributed by atoms with Gasteiger partial charge in [0.1, 0.15) is 0 Å². The van der Waals surface area contributed by atoms with Gasteiger partial charge in [-0.25, -0.2) is 4.79 Å². The van der Waals surface area contributed by atoms with Crippen LogP contribution in [0.2, 0.25) is 0 Å². The zero-order valence-electron chi connectivity index (χ0n) is 9.11. The summed E-state index contributed by atoms with van der Waals surface area (Å²) in [4.78, 5) is 10.7. The van der Waals surface area contributed by atoms with Gasteiger partial charge in [-0.05, 0) is 12.8 Å². The topological polar surface area (TPSA) is 44.8 Å². The average Bonchev–Trinajstić information content (AvgIpc) is 2.61. The third-order valence-corrected chi connectivity index (χ3v) is 2.22. The van der Waals surface area contributed by atoms with E-state index in [0.717, 1.165) is 25.7 Å². The maximum absolute atomic E-state index is 10.7. The van der Waals surface area contributed by atoms with Gasteiger partial charge in [0.05, 0.1) is 6.10 Å². The van der Waals surface area contributed by atoms with Crippen molar-refractivity contribution < 1.29 is 19.0 Å². The molecule has 0 radical (unpaired) electrons. The minimum atomic E-state index is -0.646. The second kappa shape index (κ2) is 6.45. The minimum Gasteiger partial charge on any atom is -0.428 e. The fourth-order valence-corrected chi connectivity index (χ4v) is 1.45. The van der Waals surface area contributed by atoms with Crippen LogP contribution < -0.4 is 0 Å². The van der Waals surface area contributed by atoms with Crippen LogP contribution >= 0.6 is 0 Å². The summed E-state index contributed by atoms with van der Waals surface area (Å²) in [7, 11) is 0. The van der Waals surface area contributed by atoms with Crippen molar-refractivity contribution in [2.24, 2.45) is 0 Å². The van der Waals surface area contributed by atoms with Crippen molar-refractivity contribution >= 4 is 6.16 Å². The first-order valence-corrected chi connectivity index (χ1v) is 5.36. The van der Waals surface area contributed by atoms with Crippen LogP contribution in [0, 0.1) is 0 Å². The molecule has 0 amide bonds. The predicted octanol–water partition coefficient (Wildman–Crippen LogP) is 2.63. The highest BCUT2D eigenvalue weighted by Gasteiger charge is 2.27. The van der Waals surface area contributed by atoms with Crippen molar-refractivity contribution in [2.45, 2.75) is 45.0 Å². The summed E-state index contributed by atoms with van der Waals surface area (Å²) in [5.41, 5.74) is 0. The summed E-state index contributed by atoms with van der Waals surface area (Å²) in [6.45, 7) is 6.00. The van der Waals surface area contributed by atoms with Gasteiger partial charge in [-0.2, -0.15) is 0 Å². The Morgan fingerprint density at radius 3 is 3.07 bits per heavy atom. The largest absolute Gasteiger partial charge is 0.510 e. The van der Waals surface area contributed by atoms with Crippen LogP contribution in [-0.4, -0.2) is 25.2 Å². The molecule has 0 N–H and O–H groups in total. The van der Waals surface area contributed by atoms with E-state index in [9.17, 15) is 4.79 Å². The summed E-state index contributed by atoms with van der Waals surface area (Å²) in [5, 5.41) is 0. The number of unbranched alkanes of at least 4 members (excludes halogenated alkanes) is 1. The molecule has 0 spiro atoms. The second-order valence-corrected chi connectivity index (χ2v) is 3.53. The fourth-order valence-electron chi connectivity index (χ4n) is 1.45. The molecule has 1 aliphatic rings. The van der Waals surface area contributed by atoms with Gasteiger partial charge in [0.15, 0.2) is 6.61 Å². The van der Waals surface area contributed by atoms with Gasteiger partial charge in [0.25, 0.3) is 0 Å². The summed E-state index contributed by atoms with van der Waals surface area (Å²) in [5.74, 6) is 0. The molecule has 0 bridgehead atoms. The second-order valence-electron chi connectivity index (χ2n) is 3.53. The average molecular weight is 214 g/mol. The smallest absolute Gasteiger partial charge is 0.428 e. The molecule has 0 aromatic carbocycles. The van der Waals surface area contributed by atoms with E-state index in [1.165, 1.54) is 0 Å². The molecule has 2 unspecified atom stereocenters. The molecule has 86 valence electrons. The lowest BCUT2D eigenvalue weighted by Crippen LogP contribution is -2.23. The number of rotatable bonds is 7. The Labute approximate surface area is 90.2 Å². The fraction of sp³-hybridized carbons (Fsp3) is 0.727. The highest BCUT2D eigenvalue weighted by Crippen LogP contribution is 2.16. The lowest BCUT2D eigenvalue weighted by atomic mass is 10.1. The Morgan fingerprint density at radius 1 is 1.73 bits per heavy atom. The minimum absolute atomic E-state index is 0.0712. The first kappa shape index (κ1) is 12.0. The van der Waals surface area contributed by atoms with Gasteiger partial charge in [0, 0.05) is 0 Å². The summed E-state index contributed by atoms with van der Waals surface area (Å²) in [6, 6.07) is 0. The molecule has 15 heavy (non-hydrogen) atoms. The van der Waals surface area contributed by atoms with Crippen molar-refractivity contribution in [1.82, 2.24) is 0 Å².